The third-order valence-electron chi connectivity index (χ3n) is 11.1. The average molecular weight is 719 g/mol. The normalized spacial score (nSPS) is 15.4. The van der Waals surface area contributed by atoms with Gasteiger partial charge in [-0.2, -0.15) is 0 Å². The van der Waals surface area contributed by atoms with E-state index in [9.17, 15) is 0 Å². The van der Waals surface area contributed by atoms with Crippen molar-refractivity contribution >= 4 is 28.4 Å². The molecule has 0 radical (unpaired) electrons. The molecule has 0 amide bonds. The Balaban J connectivity index is 1.05. The predicted octanol–water partition coefficient (Wildman–Crippen LogP) is 12.6. The molecule has 56 heavy (non-hydrogen) atoms. The second-order valence-corrected chi connectivity index (χ2v) is 14.3. The molecule has 5 nitrogen and oxygen atoms in total. The Morgan fingerprint density at radius 1 is 0.446 bits per heavy atom. The minimum Gasteiger partial charge on any atom is -0.456 e. The quantitative estimate of drug-likeness (QED) is 0.171. The van der Waals surface area contributed by atoms with Gasteiger partial charge in [-0.3, -0.25) is 0 Å². The van der Waals surface area contributed by atoms with Gasteiger partial charge >= 0.3 is 0 Å². The van der Waals surface area contributed by atoms with Gasteiger partial charge in [0.2, 0.25) is 0 Å². The van der Waals surface area contributed by atoms with Gasteiger partial charge in [-0.05, 0) is 58.2 Å². The molecule has 0 fully saturated rings. The third kappa shape index (κ3) is 5.36. The number of furan rings is 1. The fraction of sp³-hybridized carbons (Fsp3) is 0.0392. The van der Waals surface area contributed by atoms with E-state index >= 15 is 0 Å². The summed E-state index contributed by atoms with van der Waals surface area (Å²) in [6, 6.07) is 63.6. The highest BCUT2D eigenvalue weighted by molar-refractivity contribution is 5.99. The van der Waals surface area contributed by atoms with E-state index in [2.05, 4.69) is 157 Å². The molecular formula is C51H34N4O. The van der Waals surface area contributed by atoms with Crippen LogP contribution in [-0.2, 0) is 0 Å². The Hall–Kier alpha value is -7.37. The summed E-state index contributed by atoms with van der Waals surface area (Å²) < 4.78 is 6.69. The second kappa shape index (κ2) is 13.2. The standard InChI is InChI=1S/C51H34N4O/c1-4-13-33(14-5-1)35-23-25-38(26-24-35)50-52-49(37-17-8-3-9-18-37)53-51(54-50)41-20-12-22-44-47(41)48-45(56-44)32-31-43-46(48)40-19-10-11-21-42(40)55(43)39-29-27-36(28-30-39)34-15-6-2-7-16-34/h1-32,43,46H. The Labute approximate surface area is 324 Å². The van der Waals surface area contributed by atoms with Crippen LogP contribution in [0.15, 0.2) is 192 Å². The smallest absolute Gasteiger partial charge is 0.164 e. The van der Waals surface area contributed by atoms with Crippen molar-refractivity contribution in [3.05, 3.63) is 205 Å². The van der Waals surface area contributed by atoms with Gasteiger partial charge in [-0.1, -0.05) is 164 Å². The summed E-state index contributed by atoms with van der Waals surface area (Å²) >= 11 is 0. The van der Waals surface area contributed by atoms with E-state index < -0.39 is 0 Å². The van der Waals surface area contributed by atoms with Crippen LogP contribution in [0.2, 0.25) is 0 Å². The van der Waals surface area contributed by atoms with Crippen molar-refractivity contribution in [1.29, 1.82) is 0 Å². The van der Waals surface area contributed by atoms with Crippen molar-refractivity contribution < 1.29 is 4.42 Å². The van der Waals surface area contributed by atoms with E-state index in [4.69, 9.17) is 19.4 Å². The Bertz CT molecular complexity index is 2900. The first-order chi connectivity index (χ1) is 27.8. The lowest BCUT2D eigenvalue weighted by Crippen LogP contribution is -2.30. The molecule has 0 spiro atoms. The van der Waals surface area contributed by atoms with Gasteiger partial charge in [0.1, 0.15) is 11.3 Å². The minimum atomic E-state index is 0.0304. The van der Waals surface area contributed by atoms with E-state index in [1.807, 2.05) is 42.5 Å². The molecule has 2 unspecified atom stereocenters. The summed E-state index contributed by atoms with van der Waals surface area (Å²) in [5.41, 5.74) is 13.1. The molecule has 9 aromatic rings. The largest absolute Gasteiger partial charge is 0.456 e. The molecule has 0 saturated carbocycles. The molecule has 11 rings (SSSR count). The van der Waals surface area contributed by atoms with Crippen molar-refractivity contribution in [2.45, 2.75) is 12.0 Å². The zero-order valence-corrected chi connectivity index (χ0v) is 30.3. The molecule has 2 atom stereocenters. The van der Waals surface area contributed by atoms with Crippen LogP contribution in [0.1, 0.15) is 22.8 Å². The summed E-state index contributed by atoms with van der Waals surface area (Å²) in [5.74, 6) is 2.76. The number of rotatable bonds is 6. The Morgan fingerprint density at radius 3 is 1.62 bits per heavy atom. The van der Waals surface area contributed by atoms with E-state index in [0.717, 1.165) is 50.2 Å². The number of nitrogens with zero attached hydrogens (tertiary/aromatic N) is 4. The van der Waals surface area contributed by atoms with E-state index in [-0.39, 0.29) is 12.0 Å². The molecule has 0 saturated heterocycles. The Morgan fingerprint density at radius 2 is 0.964 bits per heavy atom. The van der Waals surface area contributed by atoms with Crippen molar-refractivity contribution in [1.82, 2.24) is 15.0 Å². The van der Waals surface area contributed by atoms with E-state index in [1.165, 1.54) is 27.9 Å². The molecule has 0 N–H and O–H groups in total. The second-order valence-electron chi connectivity index (χ2n) is 14.3. The summed E-state index contributed by atoms with van der Waals surface area (Å²) in [5, 5.41) is 1.04. The maximum Gasteiger partial charge on any atom is 0.164 e. The fourth-order valence-electron chi connectivity index (χ4n) is 8.52. The monoisotopic (exact) mass is 718 g/mol. The van der Waals surface area contributed by atoms with Gasteiger partial charge in [0.25, 0.3) is 0 Å². The molecule has 5 heteroatoms. The van der Waals surface area contributed by atoms with Gasteiger partial charge in [0.05, 0.1) is 6.04 Å². The first kappa shape index (κ1) is 32.1. The van der Waals surface area contributed by atoms with Gasteiger partial charge in [-0.25, -0.2) is 15.0 Å². The zero-order chi connectivity index (χ0) is 37.0. The van der Waals surface area contributed by atoms with Crippen LogP contribution in [0.4, 0.5) is 11.4 Å². The van der Waals surface area contributed by atoms with Gasteiger partial charge in [0, 0.05) is 44.9 Å². The molecule has 3 heterocycles. The van der Waals surface area contributed by atoms with E-state index in [0.29, 0.717) is 17.5 Å². The van der Waals surface area contributed by atoms with Crippen LogP contribution in [-0.4, -0.2) is 21.0 Å². The summed E-state index contributed by atoms with van der Waals surface area (Å²) in [4.78, 5) is 17.9. The number of benzene rings is 7. The van der Waals surface area contributed by atoms with Gasteiger partial charge < -0.3 is 9.32 Å². The molecule has 2 aliphatic rings. The first-order valence-corrected chi connectivity index (χ1v) is 19.0. The molecule has 2 aromatic heterocycles. The molecular weight excluding hydrogens is 685 g/mol. The van der Waals surface area contributed by atoms with Crippen molar-refractivity contribution in [3.8, 4) is 56.4 Å². The van der Waals surface area contributed by atoms with Crippen LogP contribution >= 0.6 is 0 Å². The number of hydrogen-bond donors (Lipinski definition) is 0. The van der Waals surface area contributed by atoms with Crippen LogP contribution in [0.3, 0.4) is 0 Å². The lowest BCUT2D eigenvalue weighted by Gasteiger charge is -2.30. The van der Waals surface area contributed by atoms with Crippen LogP contribution < -0.4 is 4.90 Å². The number of aromatic nitrogens is 3. The topological polar surface area (TPSA) is 55.1 Å². The number of fused-ring (bicyclic) bond motifs is 7. The van der Waals surface area contributed by atoms with Crippen LogP contribution in [0.25, 0.3) is 73.5 Å². The SMILES string of the molecule is C1=CC2C(c3ccccc3N2c2ccc(-c3ccccc3)cc2)c2c1oc1cccc(-c3nc(-c4ccccc4)nc(-c4ccc(-c5ccccc5)cc4)n3)c21. The highest BCUT2D eigenvalue weighted by atomic mass is 16.3. The maximum absolute atomic E-state index is 6.69. The maximum atomic E-state index is 6.69. The highest BCUT2D eigenvalue weighted by Crippen LogP contribution is 2.54. The van der Waals surface area contributed by atoms with Crippen molar-refractivity contribution in [2.24, 2.45) is 0 Å². The summed E-state index contributed by atoms with van der Waals surface area (Å²) in [6.45, 7) is 0. The van der Waals surface area contributed by atoms with E-state index in [1.54, 1.807) is 0 Å². The molecule has 1 aliphatic carbocycles. The van der Waals surface area contributed by atoms with Crippen LogP contribution in [0, 0.1) is 0 Å². The fourth-order valence-corrected chi connectivity index (χ4v) is 8.52. The first-order valence-electron chi connectivity index (χ1n) is 19.0. The third-order valence-corrected chi connectivity index (χ3v) is 11.1. The number of hydrogen-bond acceptors (Lipinski definition) is 5. The lowest BCUT2D eigenvalue weighted by atomic mass is 9.81. The lowest BCUT2D eigenvalue weighted by molar-refractivity contribution is 0.584. The van der Waals surface area contributed by atoms with Gasteiger partial charge in [-0.15, -0.1) is 0 Å². The summed E-state index contributed by atoms with van der Waals surface area (Å²) in [7, 11) is 0. The molecule has 7 aromatic carbocycles. The summed E-state index contributed by atoms with van der Waals surface area (Å²) in [6.07, 6.45) is 4.45. The number of para-hydroxylation sites is 1. The highest BCUT2D eigenvalue weighted by Gasteiger charge is 2.43. The zero-order valence-electron chi connectivity index (χ0n) is 30.3. The number of anilines is 2. The van der Waals surface area contributed by atoms with Crippen molar-refractivity contribution in [3.63, 3.8) is 0 Å². The molecule has 0 bridgehead atoms. The molecule has 1 aliphatic heterocycles. The van der Waals surface area contributed by atoms with Crippen molar-refractivity contribution in [2.75, 3.05) is 4.90 Å². The predicted molar refractivity (Wildman–Crippen MR) is 226 cm³/mol. The van der Waals surface area contributed by atoms with Crippen LogP contribution in [0.5, 0.6) is 0 Å². The minimum absolute atomic E-state index is 0.0304. The molecule has 264 valence electrons. The Kier molecular flexibility index (Phi) is 7.56. The average Bonchev–Trinajstić information content (AvgIpc) is 3.83. The van der Waals surface area contributed by atoms with Gasteiger partial charge in [0.15, 0.2) is 17.5 Å².